The van der Waals surface area contributed by atoms with Crippen molar-refractivity contribution in [3.05, 3.63) is 89.5 Å². The Morgan fingerprint density at radius 3 is 2.50 bits per heavy atom. The van der Waals surface area contributed by atoms with Crippen molar-refractivity contribution in [1.29, 1.82) is 0 Å². The molecule has 30 heavy (non-hydrogen) atoms. The van der Waals surface area contributed by atoms with Crippen LogP contribution in [0.15, 0.2) is 72.8 Å². The molecule has 0 spiro atoms. The first-order chi connectivity index (χ1) is 14.5. The van der Waals surface area contributed by atoms with E-state index in [-0.39, 0.29) is 19.2 Å². The zero-order chi connectivity index (χ0) is 21.0. The molecule has 0 radical (unpaired) electrons. The van der Waals surface area contributed by atoms with Gasteiger partial charge in [-0.2, -0.15) is 0 Å². The van der Waals surface area contributed by atoms with E-state index in [9.17, 15) is 4.79 Å². The summed E-state index contributed by atoms with van der Waals surface area (Å²) in [5, 5.41) is 6.40. The molecule has 0 aromatic heterocycles. The number of carbonyl (C=O) groups excluding carboxylic acids is 1. The fraction of sp³-hybridized carbons (Fsp3) is 0.240. The molecule has 0 atom stereocenters. The van der Waals surface area contributed by atoms with Gasteiger partial charge in [0, 0.05) is 11.2 Å². The standard InChI is InChI=1S/C25H26N2O3/c1-25(2,20-12-13-22-23(15-20)30-17-29-22)26-16-24(28)27-21-11-7-6-10-19(21)14-18-8-4-3-5-9-18/h3-13,15,26H,14,16-17H2,1-2H3,(H,27,28). The molecule has 1 heterocycles. The van der Waals surface area contributed by atoms with Crippen LogP contribution in [-0.2, 0) is 16.8 Å². The summed E-state index contributed by atoms with van der Waals surface area (Å²) in [6, 6.07) is 24.0. The summed E-state index contributed by atoms with van der Waals surface area (Å²) in [4.78, 5) is 12.7. The number of benzene rings is 3. The Balaban J connectivity index is 1.39. The second-order valence-electron chi connectivity index (χ2n) is 7.91. The molecule has 0 bridgehead atoms. The summed E-state index contributed by atoms with van der Waals surface area (Å²) >= 11 is 0. The average molecular weight is 402 g/mol. The van der Waals surface area contributed by atoms with Crippen molar-refractivity contribution in [3.63, 3.8) is 0 Å². The highest BCUT2D eigenvalue weighted by molar-refractivity contribution is 5.93. The largest absolute Gasteiger partial charge is 0.454 e. The van der Waals surface area contributed by atoms with Gasteiger partial charge in [-0.25, -0.2) is 0 Å². The van der Waals surface area contributed by atoms with Gasteiger partial charge in [0.2, 0.25) is 12.7 Å². The van der Waals surface area contributed by atoms with Gasteiger partial charge >= 0.3 is 0 Å². The number of amides is 1. The van der Waals surface area contributed by atoms with E-state index in [0.717, 1.165) is 34.7 Å². The van der Waals surface area contributed by atoms with E-state index in [4.69, 9.17) is 9.47 Å². The molecule has 0 saturated carbocycles. The molecule has 154 valence electrons. The summed E-state index contributed by atoms with van der Waals surface area (Å²) in [6.45, 7) is 4.53. The average Bonchev–Trinajstić information content (AvgIpc) is 3.23. The molecule has 1 aliphatic rings. The number of nitrogens with one attached hydrogen (secondary N) is 2. The van der Waals surface area contributed by atoms with E-state index in [2.05, 4.69) is 22.8 Å². The van der Waals surface area contributed by atoms with Gasteiger partial charge in [0.15, 0.2) is 11.5 Å². The van der Waals surface area contributed by atoms with Gasteiger partial charge in [0.25, 0.3) is 0 Å². The maximum atomic E-state index is 12.7. The second kappa shape index (κ2) is 8.59. The first-order valence-corrected chi connectivity index (χ1v) is 10.1. The normalized spacial score (nSPS) is 12.6. The van der Waals surface area contributed by atoms with Gasteiger partial charge in [-0.15, -0.1) is 0 Å². The number of carbonyl (C=O) groups is 1. The lowest BCUT2D eigenvalue weighted by atomic mass is 9.94. The maximum Gasteiger partial charge on any atom is 0.238 e. The molecular weight excluding hydrogens is 376 g/mol. The van der Waals surface area contributed by atoms with Crippen LogP contribution in [0.1, 0.15) is 30.5 Å². The molecule has 3 aromatic carbocycles. The highest BCUT2D eigenvalue weighted by Gasteiger charge is 2.24. The predicted molar refractivity (Wildman–Crippen MR) is 118 cm³/mol. The van der Waals surface area contributed by atoms with Crippen LogP contribution >= 0.6 is 0 Å². The predicted octanol–water partition coefficient (Wildman–Crippen LogP) is 4.47. The van der Waals surface area contributed by atoms with Crippen molar-refractivity contribution >= 4 is 11.6 Å². The molecule has 1 amide bonds. The van der Waals surface area contributed by atoms with E-state index < -0.39 is 5.54 Å². The number of hydrogen-bond acceptors (Lipinski definition) is 4. The van der Waals surface area contributed by atoms with Crippen molar-refractivity contribution < 1.29 is 14.3 Å². The zero-order valence-corrected chi connectivity index (χ0v) is 17.3. The number of hydrogen-bond donors (Lipinski definition) is 2. The van der Waals surface area contributed by atoms with Gasteiger partial charge in [0.1, 0.15) is 0 Å². The third kappa shape index (κ3) is 4.63. The smallest absolute Gasteiger partial charge is 0.238 e. The Bertz CT molecular complexity index is 1030. The molecule has 5 heteroatoms. The van der Waals surface area contributed by atoms with Gasteiger partial charge in [-0.3, -0.25) is 10.1 Å². The summed E-state index contributed by atoms with van der Waals surface area (Å²) in [5.41, 5.74) is 3.77. The molecule has 1 aliphatic heterocycles. The lowest BCUT2D eigenvalue weighted by molar-refractivity contribution is -0.115. The third-order valence-corrected chi connectivity index (χ3v) is 5.31. The van der Waals surface area contributed by atoms with Crippen LogP contribution in [0.5, 0.6) is 11.5 Å². The maximum absolute atomic E-state index is 12.7. The van der Waals surface area contributed by atoms with E-state index in [1.54, 1.807) is 0 Å². The first kappa shape index (κ1) is 20.0. The zero-order valence-electron chi connectivity index (χ0n) is 17.3. The number of rotatable bonds is 7. The van der Waals surface area contributed by atoms with Gasteiger partial charge in [0.05, 0.1) is 6.54 Å². The minimum absolute atomic E-state index is 0.0793. The first-order valence-electron chi connectivity index (χ1n) is 10.1. The molecule has 4 rings (SSSR count). The molecule has 0 unspecified atom stereocenters. The summed E-state index contributed by atoms with van der Waals surface area (Å²) in [7, 11) is 0. The number of para-hydroxylation sites is 1. The summed E-state index contributed by atoms with van der Waals surface area (Å²) in [5.74, 6) is 1.41. The van der Waals surface area contributed by atoms with Crippen LogP contribution in [0.25, 0.3) is 0 Å². The molecule has 2 N–H and O–H groups in total. The Kier molecular flexibility index (Phi) is 5.72. The minimum atomic E-state index is -0.401. The van der Waals surface area contributed by atoms with E-state index >= 15 is 0 Å². The highest BCUT2D eigenvalue weighted by atomic mass is 16.7. The summed E-state index contributed by atoms with van der Waals surface area (Å²) < 4.78 is 10.8. The van der Waals surface area contributed by atoms with Gasteiger partial charge in [-0.1, -0.05) is 54.6 Å². The van der Waals surface area contributed by atoms with Gasteiger partial charge < -0.3 is 14.8 Å². The molecule has 3 aromatic rings. The van der Waals surface area contributed by atoms with Crippen LogP contribution in [0.4, 0.5) is 5.69 Å². The van der Waals surface area contributed by atoms with E-state index in [1.165, 1.54) is 5.56 Å². The number of ether oxygens (including phenoxy) is 2. The van der Waals surface area contributed by atoms with E-state index in [1.807, 2.05) is 74.5 Å². The molecular formula is C25H26N2O3. The molecule has 0 aliphatic carbocycles. The third-order valence-electron chi connectivity index (χ3n) is 5.31. The van der Waals surface area contributed by atoms with Crippen LogP contribution < -0.4 is 20.1 Å². The van der Waals surface area contributed by atoms with Crippen LogP contribution in [0.3, 0.4) is 0 Å². The quantitative estimate of drug-likeness (QED) is 0.612. The Morgan fingerprint density at radius 1 is 0.933 bits per heavy atom. The van der Waals surface area contributed by atoms with Crippen molar-refractivity contribution in [2.75, 3.05) is 18.7 Å². The molecule has 0 fully saturated rings. The lowest BCUT2D eigenvalue weighted by Gasteiger charge is -2.27. The number of fused-ring (bicyclic) bond motifs is 1. The fourth-order valence-electron chi connectivity index (χ4n) is 3.50. The van der Waals surface area contributed by atoms with Crippen molar-refractivity contribution in [3.8, 4) is 11.5 Å². The minimum Gasteiger partial charge on any atom is -0.454 e. The van der Waals surface area contributed by atoms with Crippen molar-refractivity contribution in [1.82, 2.24) is 5.32 Å². The van der Waals surface area contributed by atoms with Crippen LogP contribution in [-0.4, -0.2) is 19.2 Å². The molecule has 5 nitrogen and oxygen atoms in total. The van der Waals surface area contributed by atoms with E-state index in [0.29, 0.717) is 0 Å². The number of anilines is 1. The topological polar surface area (TPSA) is 59.6 Å². The lowest BCUT2D eigenvalue weighted by Crippen LogP contribution is -2.41. The van der Waals surface area contributed by atoms with Crippen molar-refractivity contribution in [2.24, 2.45) is 0 Å². The summed E-state index contributed by atoms with van der Waals surface area (Å²) in [6.07, 6.45) is 0.771. The molecule has 0 saturated heterocycles. The van der Waals surface area contributed by atoms with Crippen LogP contribution in [0, 0.1) is 0 Å². The monoisotopic (exact) mass is 402 g/mol. The van der Waals surface area contributed by atoms with Crippen LogP contribution in [0.2, 0.25) is 0 Å². The Labute approximate surface area is 177 Å². The second-order valence-corrected chi connectivity index (χ2v) is 7.91. The fourth-order valence-corrected chi connectivity index (χ4v) is 3.50. The Morgan fingerprint density at radius 2 is 1.67 bits per heavy atom. The van der Waals surface area contributed by atoms with Gasteiger partial charge in [-0.05, 0) is 55.2 Å². The van der Waals surface area contributed by atoms with Crippen molar-refractivity contribution in [2.45, 2.75) is 25.8 Å². The SMILES string of the molecule is CC(C)(NCC(=O)Nc1ccccc1Cc1ccccc1)c1ccc2c(c1)OCO2. The Hall–Kier alpha value is -3.31. The highest BCUT2D eigenvalue weighted by Crippen LogP contribution is 2.35.